The van der Waals surface area contributed by atoms with E-state index in [9.17, 15) is 0 Å². The van der Waals surface area contributed by atoms with Crippen molar-refractivity contribution in [2.24, 2.45) is 7.05 Å². The molecule has 0 aliphatic rings. The van der Waals surface area contributed by atoms with Gasteiger partial charge in [0.05, 0.1) is 18.3 Å². The fraction of sp³-hybridized carbons (Fsp3) is 0.167. The van der Waals surface area contributed by atoms with Crippen molar-refractivity contribution in [1.29, 1.82) is 0 Å². The zero-order chi connectivity index (χ0) is 13.2. The Balaban J connectivity index is 1.86. The Morgan fingerprint density at radius 1 is 1.21 bits per heavy atom. The third-order valence-electron chi connectivity index (χ3n) is 2.73. The first-order valence-electron chi connectivity index (χ1n) is 5.73. The van der Waals surface area contributed by atoms with Crippen LogP contribution in [0.3, 0.4) is 0 Å². The van der Waals surface area contributed by atoms with E-state index >= 15 is 0 Å². The predicted octanol–water partition coefficient (Wildman–Crippen LogP) is 1.78. The molecular weight excluding hydrogens is 264 g/mol. The highest BCUT2D eigenvalue weighted by Crippen LogP contribution is 2.23. The SMILES string of the molecule is Cn1ncc(-c2nnn(Cc3ccccc3)n2)c1Cl. The molecular formula is C12H11ClN6. The van der Waals surface area contributed by atoms with Gasteiger partial charge in [-0.25, -0.2) is 0 Å². The summed E-state index contributed by atoms with van der Waals surface area (Å²) < 4.78 is 1.56. The van der Waals surface area contributed by atoms with Gasteiger partial charge in [0.2, 0.25) is 5.82 Å². The average molecular weight is 275 g/mol. The molecule has 2 aromatic heterocycles. The van der Waals surface area contributed by atoms with E-state index in [2.05, 4.69) is 20.5 Å². The van der Waals surface area contributed by atoms with Crippen LogP contribution in [-0.4, -0.2) is 30.0 Å². The first kappa shape index (κ1) is 11.9. The molecule has 3 rings (SSSR count). The highest BCUT2D eigenvalue weighted by atomic mass is 35.5. The smallest absolute Gasteiger partial charge is 0.209 e. The van der Waals surface area contributed by atoms with E-state index in [1.54, 1.807) is 17.9 Å². The maximum atomic E-state index is 6.10. The Labute approximate surface area is 114 Å². The number of halogens is 1. The molecule has 0 radical (unpaired) electrons. The number of hydrogen-bond acceptors (Lipinski definition) is 4. The van der Waals surface area contributed by atoms with Crippen LogP contribution in [0.25, 0.3) is 11.4 Å². The number of rotatable bonds is 3. The summed E-state index contributed by atoms with van der Waals surface area (Å²) >= 11 is 6.10. The van der Waals surface area contributed by atoms with E-state index in [-0.39, 0.29) is 0 Å². The van der Waals surface area contributed by atoms with Crippen molar-refractivity contribution in [3.8, 4) is 11.4 Å². The molecule has 0 N–H and O–H groups in total. The molecule has 0 unspecified atom stereocenters. The molecule has 6 nitrogen and oxygen atoms in total. The second-order valence-corrected chi connectivity index (χ2v) is 4.46. The minimum Gasteiger partial charge on any atom is -0.256 e. The quantitative estimate of drug-likeness (QED) is 0.730. The Hall–Kier alpha value is -2.21. The lowest BCUT2D eigenvalue weighted by atomic mass is 10.2. The van der Waals surface area contributed by atoms with Gasteiger partial charge in [-0.05, 0) is 10.8 Å². The monoisotopic (exact) mass is 274 g/mol. The van der Waals surface area contributed by atoms with Crippen molar-refractivity contribution >= 4 is 11.6 Å². The molecule has 0 saturated carbocycles. The number of benzene rings is 1. The van der Waals surface area contributed by atoms with Crippen molar-refractivity contribution in [1.82, 2.24) is 30.0 Å². The molecule has 0 bridgehead atoms. The number of nitrogens with zero attached hydrogens (tertiary/aromatic N) is 6. The van der Waals surface area contributed by atoms with Crippen molar-refractivity contribution < 1.29 is 0 Å². The molecule has 0 saturated heterocycles. The Kier molecular flexibility index (Phi) is 3.00. The topological polar surface area (TPSA) is 61.4 Å². The lowest BCUT2D eigenvalue weighted by Gasteiger charge is -1.97. The molecule has 2 heterocycles. The van der Waals surface area contributed by atoms with E-state index in [4.69, 9.17) is 11.6 Å². The molecule has 3 aromatic rings. The van der Waals surface area contributed by atoms with Crippen molar-refractivity contribution in [3.05, 3.63) is 47.2 Å². The summed E-state index contributed by atoms with van der Waals surface area (Å²) in [5.41, 5.74) is 1.80. The number of aromatic nitrogens is 6. The zero-order valence-corrected chi connectivity index (χ0v) is 11.0. The van der Waals surface area contributed by atoms with Gasteiger partial charge in [0.25, 0.3) is 0 Å². The third-order valence-corrected chi connectivity index (χ3v) is 3.18. The second-order valence-electron chi connectivity index (χ2n) is 4.10. The van der Waals surface area contributed by atoms with E-state index in [0.717, 1.165) is 5.56 Å². The van der Waals surface area contributed by atoms with Crippen LogP contribution in [0.15, 0.2) is 36.5 Å². The molecule has 0 spiro atoms. The van der Waals surface area contributed by atoms with Crippen LogP contribution >= 0.6 is 11.6 Å². The van der Waals surface area contributed by atoms with Gasteiger partial charge < -0.3 is 0 Å². The Bertz CT molecular complexity index is 687. The standard InChI is InChI=1S/C12H11ClN6/c1-18-11(13)10(7-14-18)12-15-17-19(16-12)8-9-5-3-2-4-6-9/h2-7H,8H2,1H3. The van der Waals surface area contributed by atoms with Gasteiger partial charge in [-0.2, -0.15) is 9.90 Å². The van der Waals surface area contributed by atoms with Gasteiger partial charge in [-0.1, -0.05) is 41.9 Å². The van der Waals surface area contributed by atoms with Gasteiger partial charge >= 0.3 is 0 Å². The lowest BCUT2D eigenvalue weighted by molar-refractivity contribution is 0.573. The maximum absolute atomic E-state index is 6.10. The lowest BCUT2D eigenvalue weighted by Crippen LogP contribution is -2.03. The minimum absolute atomic E-state index is 0.481. The summed E-state index contributed by atoms with van der Waals surface area (Å²) in [6.07, 6.45) is 1.63. The fourth-order valence-electron chi connectivity index (χ4n) is 1.74. The van der Waals surface area contributed by atoms with Crippen LogP contribution in [0.1, 0.15) is 5.56 Å². The van der Waals surface area contributed by atoms with Crippen LogP contribution in [0.2, 0.25) is 5.15 Å². The highest BCUT2D eigenvalue weighted by molar-refractivity contribution is 6.32. The van der Waals surface area contributed by atoms with Crippen LogP contribution < -0.4 is 0 Å². The summed E-state index contributed by atoms with van der Waals surface area (Å²) in [4.78, 5) is 1.54. The van der Waals surface area contributed by atoms with Crippen LogP contribution in [-0.2, 0) is 13.6 Å². The molecule has 0 atom stereocenters. The summed E-state index contributed by atoms with van der Waals surface area (Å²) in [6, 6.07) is 9.95. The highest BCUT2D eigenvalue weighted by Gasteiger charge is 2.13. The van der Waals surface area contributed by atoms with E-state index in [0.29, 0.717) is 23.1 Å². The van der Waals surface area contributed by atoms with Crippen LogP contribution in [0, 0.1) is 0 Å². The van der Waals surface area contributed by atoms with Gasteiger partial charge in [0.1, 0.15) is 5.15 Å². The molecule has 1 aromatic carbocycles. The molecule has 19 heavy (non-hydrogen) atoms. The van der Waals surface area contributed by atoms with E-state index in [1.165, 1.54) is 4.80 Å². The largest absolute Gasteiger partial charge is 0.256 e. The number of tetrazole rings is 1. The maximum Gasteiger partial charge on any atom is 0.209 e. The van der Waals surface area contributed by atoms with Crippen LogP contribution in [0.5, 0.6) is 0 Å². The molecule has 0 amide bonds. The normalized spacial score (nSPS) is 10.8. The zero-order valence-electron chi connectivity index (χ0n) is 10.2. The average Bonchev–Trinajstić information content (AvgIpc) is 3.00. The van der Waals surface area contributed by atoms with Gasteiger partial charge in [0, 0.05) is 7.05 Å². The van der Waals surface area contributed by atoms with Crippen molar-refractivity contribution in [3.63, 3.8) is 0 Å². The minimum atomic E-state index is 0.481. The van der Waals surface area contributed by atoms with E-state index < -0.39 is 0 Å². The molecule has 0 fully saturated rings. The Morgan fingerprint density at radius 3 is 2.68 bits per heavy atom. The molecule has 96 valence electrons. The van der Waals surface area contributed by atoms with Gasteiger partial charge in [0.15, 0.2) is 0 Å². The summed E-state index contributed by atoms with van der Waals surface area (Å²) in [5, 5.41) is 16.9. The van der Waals surface area contributed by atoms with Crippen molar-refractivity contribution in [2.75, 3.05) is 0 Å². The first-order valence-corrected chi connectivity index (χ1v) is 6.11. The van der Waals surface area contributed by atoms with Crippen molar-refractivity contribution in [2.45, 2.75) is 6.54 Å². The van der Waals surface area contributed by atoms with Gasteiger partial charge in [-0.3, -0.25) is 4.68 Å². The molecule has 0 aliphatic carbocycles. The second kappa shape index (κ2) is 4.81. The first-order chi connectivity index (χ1) is 9.24. The molecule has 7 heteroatoms. The summed E-state index contributed by atoms with van der Waals surface area (Å²) in [6.45, 7) is 0.575. The molecule has 0 aliphatic heterocycles. The predicted molar refractivity (Wildman–Crippen MR) is 70.6 cm³/mol. The number of hydrogen-bond donors (Lipinski definition) is 0. The Morgan fingerprint density at radius 2 is 2.00 bits per heavy atom. The summed E-state index contributed by atoms with van der Waals surface area (Å²) in [5.74, 6) is 0.481. The fourth-order valence-corrected chi connectivity index (χ4v) is 1.91. The summed E-state index contributed by atoms with van der Waals surface area (Å²) in [7, 11) is 1.76. The van der Waals surface area contributed by atoms with Gasteiger partial charge in [-0.15, -0.1) is 10.2 Å². The van der Waals surface area contributed by atoms with Crippen LogP contribution in [0.4, 0.5) is 0 Å². The third kappa shape index (κ3) is 2.34. The number of aryl methyl sites for hydroxylation is 1. The van der Waals surface area contributed by atoms with E-state index in [1.807, 2.05) is 30.3 Å².